The van der Waals surface area contributed by atoms with Crippen LogP contribution in [0.5, 0.6) is 0 Å². The molecule has 0 aliphatic heterocycles. The molecular formula is C11H17N3O. The Morgan fingerprint density at radius 1 is 1.67 bits per heavy atom. The Bertz CT molecular complexity index is 351. The number of rotatable bonds is 3. The van der Waals surface area contributed by atoms with Gasteiger partial charge in [-0.05, 0) is 24.1 Å². The van der Waals surface area contributed by atoms with Gasteiger partial charge in [-0.1, -0.05) is 6.92 Å². The van der Waals surface area contributed by atoms with E-state index in [2.05, 4.69) is 4.98 Å². The summed E-state index contributed by atoms with van der Waals surface area (Å²) in [5.74, 6) is 0.605. The zero-order valence-electron chi connectivity index (χ0n) is 9.40. The van der Waals surface area contributed by atoms with Crippen molar-refractivity contribution in [1.82, 2.24) is 4.98 Å². The fourth-order valence-electron chi connectivity index (χ4n) is 1.25. The summed E-state index contributed by atoms with van der Waals surface area (Å²) in [5, 5.41) is 0. The third-order valence-electron chi connectivity index (χ3n) is 2.45. The highest BCUT2D eigenvalue weighted by atomic mass is 16.2. The molecule has 4 nitrogen and oxygen atoms in total. The second-order valence-electron chi connectivity index (χ2n) is 3.54. The molecule has 82 valence electrons. The summed E-state index contributed by atoms with van der Waals surface area (Å²) >= 11 is 0. The predicted molar refractivity (Wildman–Crippen MR) is 60.5 cm³/mol. The maximum Gasteiger partial charge on any atom is 0.224 e. The van der Waals surface area contributed by atoms with Crippen LogP contribution in [0.15, 0.2) is 18.3 Å². The Hall–Kier alpha value is -1.42. The van der Waals surface area contributed by atoms with Gasteiger partial charge in [0.15, 0.2) is 0 Å². The predicted octanol–water partition coefficient (Wildman–Crippen LogP) is 1.47. The Labute approximate surface area is 90.1 Å². The zero-order chi connectivity index (χ0) is 11.4. The van der Waals surface area contributed by atoms with Crippen LogP contribution < -0.4 is 10.6 Å². The lowest BCUT2D eigenvalue weighted by atomic mass is 10.1. The van der Waals surface area contributed by atoms with Crippen LogP contribution in [0, 0.1) is 0 Å². The maximum atomic E-state index is 11.1. The molecule has 1 aromatic heterocycles. The summed E-state index contributed by atoms with van der Waals surface area (Å²) in [6, 6.07) is 3.74. The molecule has 0 aromatic carbocycles. The third kappa shape index (κ3) is 2.76. The molecule has 0 fully saturated rings. The molecular weight excluding hydrogens is 190 g/mol. The standard InChI is InChI=1S/C11H17N3O/c1-4-10(12)9-5-6-13-11(7-9)14(3)8(2)15/h5-7,10H,4,12H2,1-3H3/t10-/m0/s1. The molecule has 1 rings (SSSR count). The lowest BCUT2D eigenvalue weighted by Crippen LogP contribution is -2.24. The van der Waals surface area contributed by atoms with Crippen molar-refractivity contribution in [2.24, 2.45) is 5.73 Å². The fraction of sp³-hybridized carbons (Fsp3) is 0.455. The summed E-state index contributed by atoms with van der Waals surface area (Å²) < 4.78 is 0. The van der Waals surface area contributed by atoms with Crippen LogP contribution in [0.2, 0.25) is 0 Å². The van der Waals surface area contributed by atoms with Gasteiger partial charge in [-0.3, -0.25) is 4.79 Å². The number of anilines is 1. The molecule has 0 radical (unpaired) electrons. The first kappa shape index (κ1) is 11.7. The summed E-state index contributed by atoms with van der Waals surface area (Å²) in [4.78, 5) is 16.8. The van der Waals surface area contributed by atoms with E-state index in [4.69, 9.17) is 5.73 Å². The van der Waals surface area contributed by atoms with Gasteiger partial charge in [0.05, 0.1) is 0 Å². The van der Waals surface area contributed by atoms with E-state index in [1.165, 1.54) is 11.8 Å². The maximum absolute atomic E-state index is 11.1. The molecule has 0 saturated carbocycles. The molecule has 0 saturated heterocycles. The zero-order valence-corrected chi connectivity index (χ0v) is 9.40. The average molecular weight is 207 g/mol. The molecule has 4 heteroatoms. The summed E-state index contributed by atoms with van der Waals surface area (Å²) in [5.41, 5.74) is 6.92. The molecule has 1 aromatic rings. The molecule has 0 unspecified atom stereocenters. The van der Waals surface area contributed by atoms with E-state index >= 15 is 0 Å². The number of pyridine rings is 1. The lowest BCUT2D eigenvalue weighted by molar-refractivity contribution is -0.116. The SMILES string of the molecule is CC[C@H](N)c1ccnc(N(C)C(C)=O)c1. The van der Waals surface area contributed by atoms with E-state index < -0.39 is 0 Å². The number of carbonyl (C=O) groups excluding carboxylic acids is 1. The Morgan fingerprint density at radius 3 is 2.87 bits per heavy atom. The summed E-state index contributed by atoms with van der Waals surface area (Å²) in [6.45, 7) is 3.54. The minimum Gasteiger partial charge on any atom is -0.324 e. The van der Waals surface area contributed by atoms with E-state index in [-0.39, 0.29) is 11.9 Å². The highest BCUT2D eigenvalue weighted by Gasteiger charge is 2.09. The van der Waals surface area contributed by atoms with Crippen molar-refractivity contribution in [1.29, 1.82) is 0 Å². The van der Waals surface area contributed by atoms with Crippen LogP contribution in [-0.4, -0.2) is 17.9 Å². The lowest BCUT2D eigenvalue weighted by Gasteiger charge is -2.16. The summed E-state index contributed by atoms with van der Waals surface area (Å²) in [7, 11) is 1.70. The Kier molecular flexibility index (Phi) is 3.80. The van der Waals surface area contributed by atoms with Crippen molar-refractivity contribution >= 4 is 11.7 Å². The van der Waals surface area contributed by atoms with E-state index in [9.17, 15) is 4.79 Å². The largest absolute Gasteiger partial charge is 0.324 e. The van der Waals surface area contributed by atoms with Gasteiger partial charge in [0, 0.05) is 26.2 Å². The molecule has 0 spiro atoms. The average Bonchev–Trinajstić information content (AvgIpc) is 2.27. The van der Waals surface area contributed by atoms with E-state index in [1.54, 1.807) is 13.2 Å². The van der Waals surface area contributed by atoms with Crippen LogP contribution in [-0.2, 0) is 4.79 Å². The minimum atomic E-state index is -0.0373. The molecule has 1 heterocycles. The molecule has 0 aliphatic rings. The molecule has 0 aliphatic carbocycles. The van der Waals surface area contributed by atoms with Crippen molar-refractivity contribution < 1.29 is 4.79 Å². The highest BCUT2D eigenvalue weighted by molar-refractivity contribution is 5.89. The van der Waals surface area contributed by atoms with Gasteiger partial charge >= 0.3 is 0 Å². The monoisotopic (exact) mass is 207 g/mol. The fourth-order valence-corrected chi connectivity index (χ4v) is 1.25. The first-order valence-electron chi connectivity index (χ1n) is 5.02. The quantitative estimate of drug-likeness (QED) is 0.816. The number of hydrogen-bond acceptors (Lipinski definition) is 3. The van der Waals surface area contributed by atoms with Gasteiger partial charge in [0.2, 0.25) is 5.91 Å². The molecule has 1 amide bonds. The van der Waals surface area contributed by atoms with Crippen LogP contribution >= 0.6 is 0 Å². The molecule has 2 N–H and O–H groups in total. The second kappa shape index (κ2) is 4.89. The molecule has 15 heavy (non-hydrogen) atoms. The number of amides is 1. The van der Waals surface area contributed by atoms with Gasteiger partial charge < -0.3 is 10.6 Å². The topological polar surface area (TPSA) is 59.2 Å². The Balaban J connectivity index is 2.97. The van der Waals surface area contributed by atoms with Crippen LogP contribution in [0.3, 0.4) is 0 Å². The highest BCUT2D eigenvalue weighted by Crippen LogP contribution is 2.17. The van der Waals surface area contributed by atoms with Crippen molar-refractivity contribution in [2.75, 3.05) is 11.9 Å². The number of hydrogen-bond donors (Lipinski definition) is 1. The van der Waals surface area contributed by atoms with E-state index in [0.29, 0.717) is 5.82 Å². The number of aromatic nitrogens is 1. The van der Waals surface area contributed by atoms with Crippen molar-refractivity contribution in [3.05, 3.63) is 23.9 Å². The van der Waals surface area contributed by atoms with E-state index in [0.717, 1.165) is 12.0 Å². The van der Waals surface area contributed by atoms with Crippen molar-refractivity contribution in [3.63, 3.8) is 0 Å². The number of carbonyl (C=O) groups is 1. The summed E-state index contributed by atoms with van der Waals surface area (Å²) in [6.07, 6.45) is 2.55. The smallest absolute Gasteiger partial charge is 0.224 e. The molecule has 1 atom stereocenters. The molecule has 0 bridgehead atoms. The van der Waals surface area contributed by atoms with Gasteiger partial charge in [0.25, 0.3) is 0 Å². The number of nitrogens with two attached hydrogens (primary N) is 1. The van der Waals surface area contributed by atoms with Crippen molar-refractivity contribution in [3.8, 4) is 0 Å². The van der Waals surface area contributed by atoms with Crippen LogP contribution in [0.4, 0.5) is 5.82 Å². The van der Waals surface area contributed by atoms with Gasteiger partial charge in [-0.15, -0.1) is 0 Å². The minimum absolute atomic E-state index is 0.00658. The van der Waals surface area contributed by atoms with Gasteiger partial charge in [-0.25, -0.2) is 4.98 Å². The second-order valence-corrected chi connectivity index (χ2v) is 3.54. The van der Waals surface area contributed by atoms with E-state index in [1.807, 2.05) is 19.1 Å². The van der Waals surface area contributed by atoms with Gasteiger partial charge in [0.1, 0.15) is 5.82 Å². The third-order valence-corrected chi connectivity index (χ3v) is 2.45. The van der Waals surface area contributed by atoms with Crippen molar-refractivity contribution in [2.45, 2.75) is 26.3 Å². The van der Waals surface area contributed by atoms with Crippen LogP contribution in [0.25, 0.3) is 0 Å². The van der Waals surface area contributed by atoms with Gasteiger partial charge in [-0.2, -0.15) is 0 Å². The first-order chi connectivity index (χ1) is 7.06. The number of nitrogens with zero attached hydrogens (tertiary/aromatic N) is 2. The normalized spacial score (nSPS) is 12.3. The first-order valence-corrected chi connectivity index (χ1v) is 5.02. The van der Waals surface area contributed by atoms with Crippen LogP contribution in [0.1, 0.15) is 31.9 Å². The Morgan fingerprint density at radius 2 is 2.33 bits per heavy atom.